The minimum atomic E-state index is 0. The SMILES string of the molecule is Cl.Cl.Cl.c1ccc(N2CCN([C@H]3CCNC3)CC2)cc1. The van der Waals surface area contributed by atoms with Crippen LogP contribution in [0.1, 0.15) is 6.42 Å². The van der Waals surface area contributed by atoms with Gasteiger partial charge in [-0.25, -0.2) is 0 Å². The number of anilines is 1. The van der Waals surface area contributed by atoms with Gasteiger partial charge in [-0.2, -0.15) is 0 Å². The summed E-state index contributed by atoms with van der Waals surface area (Å²) in [5.41, 5.74) is 1.37. The average molecular weight is 341 g/mol. The van der Waals surface area contributed by atoms with E-state index >= 15 is 0 Å². The Morgan fingerprint density at radius 3 is 2.10 bits per heavy atom. The van der Waals surface area contributed by atoms with Gasteiger partial charge in [-0.1, -0.05) is 18.2 Å². The van der Waals surface area contributed by atoms with Gasteiger partial charge in [0.25, 0.3) is 0 Å². The zero-order valence-electron chi connectivity index (χ0n) is 11.5. The Morgan fingerprint density at radius 2 is 1.55 bits per heavy atom. The van der Waals surface area contributed by atoms with Crippen molar-refractivity contribution in [2.45, 2.75) is 12.5 Å². The van der Waals surface area contributed by atoms with Gasteiger partial charge in [0.05, 0.1) is 0 Å². The van der Waals surface area contributed by atoms with Crippen molar-refractivity contribution in [3.63, 3.8) is 0 Å². The van der Waals surface area contributed by atoms with Gasteiger partial charge in [0, 0.05) is 44.5 Å². The quantitative estimate of drug-likeness (QED) is 0.892. The monoisotopic (exact) mass is 339 g/mol. The Kier molecular flexibility index (Phi) is 9.60. The molecule has 0 amide bonds. The van der Waals surface area contributed by atoms with Gasteiger partial charge in [0.1, 0.15) is 0 Å². The van der Waals surface area contributed by atoms with Gasteiger partial charge in [0.2, 0.25) is 0 Å². The molecule has 116 valence electrons. The van der Waals surface area contributed by atoms with E-state index in [9.17, 15) is 0 Å². The lowest BCUT2D eigenvalue weighted by molar-refractivity contribution is 0.196. The Labute approximate surface area is 140 Å². The lowest BCUT2D eigenvalue weighted by atomic mass is 10.1. The van der Waals surface area contributed by atoms with Crippen molar-refractivity contribution in [2.75, 3.05) is 44.2 Å². The van der Waals surface area contributed by atoms with Crippen LogP contribution >= 0.6 is 37.2 Å². The topological polar surface area (TPSA) is 18.5 Å². The molecule has 2 heterocycles. The van der Waals surface area contributed by atoms with Gasteiger partial charge in [-0.3, -0.25) is 4.90 Å². The van der Waals surface area contributed by atoms with Crippen LogP contribution < -0.4 is 10.2 Å². The first-order valence-electron chi connectivity index (χ1n) is 6.68. The van der Waals surface area contributed by atoms with Crippen molar-refractivity contribution in [1.82, 2.24) is 10.2 Å². The lowest BCUT2D eigenvalue weighted by Gasteiger charge is -2.38. The molecule has 2 saturated heterocycles. The predicted molar refractivity (Wildman–Crippen MR) is 93.2 cm³/mol. The van der Waals surface area contributed by atoms with E-state index in [1.807, 2.05) is 0 Å². The maximum Gasteiger partial charge on any atom is 0.0367 e. The second-order valence-electron chi connectivity index (χ2n) is 5.01. The summed E-state index contributed by atoms with van der Waals surface area (Å²) in [5, 5.41) is 3.46. The number of hydrogen-bond acceptors (Lipinski definition) is 3. The second kappa shape index (κ2) is 9.69. The second-order valence-corrected chi connectivity index (χ2v) is 5.01. The molecular weight excluding hydrogens is 317 g/mol. The summed E-state index contributed by atoms with van der Waals surface area (Å²) in [5.74, 6) is 0. The van der Waals surface area contributed by atoms with Gasteiger partial charge in [-0.15, -0.1) is 37.2 Å². The van der Waals surface area contributed by atoms with Crippen molar-refractivity contribution in [1.29, 1.82) is 0 Å². The van der Waals surface area contributed by atoms with Gasteiger partial charge in [0.15, 0.2) is 0 Å². The Balaban J connectivity index is 0.00000120. The lowest BCUT2D eigenvalue weighted by Crippen LogP contribution is -2.51. The summed E-state index contributed by atoms with van der Waals surface area (Å²) >= 11 is 0. The van der Waals surface area contributed by atoms with E-state index in [0.29, 0.717) is 0 Å². The molecule has 3 nitrogen and oxygen atoms in total. The van der Waals surface area contributed by atoms with Gasteiger partial charge in [-0.05, 0) is 25.1 Å². The van der Waals surface area contributed by atoms with Crippen LogP contribution in [0.5, 0.6) is 0 Å². The number of nitrogens with one attached hydrogen (secondary N) is 1. The largest absolute Gasteiger partial charge is 0.369 e. The highest BCUT2D eigenvalue weighted by Gasteiger charge is 2.25. The molecule has 0 bridgehead atoms. The van der Waals surface area contributed by atoms with Crippen LogP contribution in [0.25, 0.3) is 0 Å². The van der Waals surface area contributed by atoms with Crippen molar-refractivity contribution in [3.05, 3.63) is 30.3 Å². The Bertz CT molecular complexity index is 350. The number of nitrogens with zero attached hydrogens (tertiary/aromatic N) is 2. The molecule has 2 aliphatic heterocycles. The molecule has 1 aromatic rings. The first-order valence-corrected chi connectivity index (χ1v) is 6.68. The molecule has 0 spiro atoms. The number of hydrogen-bond donors (Lipinski definition) is 1. The van der Waals surface area contributed by atoms with Gasteiger partial charge >= 0.3 is 0 Å². The third-order valence-electron chi connectivity index (χ3n) is 3.99. The van der Waals surface area contributed by atoms with Crippen LogP contribution in [0.2, 0.25) is 0 Å². The van der Waals surface area contributed by atoms with E-state index in [-0.39, 0.29) is 37.2 Å². The summed E-state index contributed by atoms with van der Waals surface area (Å²) in [6.45, 7) is 7.14. The predicted octanol–water partition coefficient (Wildman–Crippen LogP) is 2.44. The maximum atomic E-state index is 3.46. The molecular formula is C14H24Cl3N3. The van der Waals surface area contributed by atoms with Crippen LogP contribution in [0.3, 0.4) is 0 Å². The van der Waals surface area contributed by atoms with E-state index in [2.05, 4.69) is 45.4 Å². The molecule has 20 heavy (non-hydrogen) atoms. The molecule has 0 aliphatic carbocycles. The zero-order chi connectivity index (χ0) is 11.5. The number of para-hydroxylation sites is 1. The number of benzene rings is 1. The highest BCUT2D eigenvalue weighted by atomic mass is 35.5. The van der Waals surface area contributed by atoms with Crippen molar-refractivity contribution < 1.29 is 0 Å². The minimum Gasteiger partial charge on any atom is -0.369 e. The van der Waals surface area contributed by atoms with Crippen molar-refractivity contribution in [2.24, 2.45) is 0 Å². The molecule has 0 saturated carbocycles. The van der Waals surface area contributed by atoms with E-state index < -0.39 is 0 Å². The fraction of sp³-hybridized carbons (Fsp3) is 0.571. The minimum absolute atomic E-state index is 0. The summed E-state index contributed by atoms with van der Waals surface area (Å²) in [6, 6.07) is 11.6. The zero-order valence-corrected chi connectivity index (χ0v) is 14.0. The fourth-order valence-corrected chi connectivity index (χ4v) is 2.94. The molecule has 6 heteroatoms. The smallest absolute Gasteiger partial charge is 0.0367 e. The molecule has 0 aromatic heterocycles. The normalized spacial score (nSPS) is 22.4. The van der Waals surface area contributed by atoms with Crippen molar-refractivity contribution in [3.8, 4) is 0 Å². The molecule has 3 rings (SSSR count). The summed E-state index contributed by atoms with van der Waals surface area (Å²) in [4.78, 5) is 5.15. The Hall–Kier alpha value is -0.190. The summed E-state index contributed by atoms with van der Waals surface area (Å²) in [7, 11) is 0. The molecule has 1 N–H and O–H groups in total. The molecule has 1 atom stereocenters. The van der Waals surface area contributed by atoms with Gasteiger partial charge < -0.3 is 10.2 Å². The van der Waals surface area contributed by atoms with Crippen LogP contribution in [0.15, 0.2) is 30.3 Å². The molecule has 2 fully saturated rings. The van der Waals surface area contributed by atoms with E-state index in [4.69, 9.17) is 0 Å². The number of piperazine rings is 1. The number of halogens is 3. The Morgan fingerprint density at radius 1 is 0.900 bits per heavy atom. The molecule has 0 unspecified atom stereocenters. The van der Waals surface area contributed by atoms with Crippen molar-refractivity contribution >= 4 is 42.9 Å². The first-order chi connectivity index (χ1) is 8.43. The first kappa shape index (κ1) is 19.8. The average Bonchev–Trinajstić information content (AvgIpc) is 2.94. The van der Waals surface area contributed by atoms with Crippen LogP contribution in [-0.4, -0.2) is 50.2 Å². The third-order valence-corrected chi connectivity index (χ3v) is 3.99. The molecule has 2 aliphatic rings. The maximum absolute atomic E-state index is 3.46. The van der Waals surface area contributed by atoms with Crippen LogP contribution in [0.4, 0.5) is 5.69 Å². The van der Waals surface area contributed by atoms with E-state index in [1.54, 1.807) is 0 Å². The van der Waals surface area contributed by atoms with E-state index in [1.165, 1.54) is 51.4 Å². The highest BCUT2D eigenvalue weighted by molar-refractivity contribution is 5.86. The summed E-state index contributed by atoms with van der Waals surface area (Å²) < 4.78 is 0. The summed E-state index contributed by atoms with van der Waals surface area (Å²) in [6.07, 6.45) is 1.32. The third kappa shape index (κ3) is 4.68. The highest BCUT2D eigenvalue weighted by Crippen LogP contribution is 2.18. The molecule has 0 radical (unpaired) electrons. The van der Waals surface area contributed by atoms with Crippen LogP contribution in [0, 0.1) is 0 Å². The van der Waals surface area contributed by atoms with E-state index in [0.717, 1.165) is 6.04 Å². The number of rotatable bonds is 2. The molecule has 1 aromatic carbocycles. The fourth-order valence-electron chi connectivity index (χ4n) is 2.94. The van der Waals surface area contributed by atoms with Crippen LogP contribution in [-0.2, 0) is 0 Å². The standard InChI is InChI=1S/C14H21N3.3ClH/c1-2-4-13(5-3-1)16-8-10-17(11-9-16)14-6-7-15-12-14;;;/h1-5,14-15H,6-12H2;3*1H/t14-;;;/m0.../s1.